The third-order valence-corrected chi connectivity index (χ3v) is 5.92. The predicted molar refractivity (Wildman–Crippen MR) is 112 cm³/mol. The maximum absolute atomic E-state index is 12.8. The molecule has 0 unspecified atom stereocenters. The molecule has 0 N–H and O–H groups in total. The Morgan fingerprint density at radius 2 is 1.89 bits per heavy atom. The third kappa shape index (κ3) is 4.10. The van der Waals surface area contributed by atoms with Crippen molar-refractivity contribution in [3.05, 3.63) is 58.2 Å². The van der Waals surface area contributed by atoms with Gasteiger partial charge in [-0.3, -0.25) is 9.69 Å². The molecular weight excluding hydrogens is 380 g/mol. The Labute approximate surface area is 168 Å². The molecule has 0 radical (unpaired) electrons. The average Bonchev–Trinajstić information content (AvgIpc) is 3.25. The van der Waals surface area contributed by atoms with Crippen LogP contribution < -0.4 is 4.90 Å². The van der Waals surface area contributed by atoms with E-state index in [0.717, 1.165) is 24.5 Å². The lowest BCUT2D eigenvalue weighted by molar-refractivity contribution is -0.122. The Morgan fingerprint density at radius 1 is 1.15 bits per heavy atom. The van der Waals surface area contributed by atoms with Crippen molar-refractivity contribution in [1.82, 2.24) is 4.90 Å². The number of carbonyl (C=O) groups excluding carboxylic acids is 1. The van der Waals surface area contributed by atoms with Crippen molar-refractivity contribution in [3.63, 3.8) is 0 Å². The maximum atomic E-state index is 12.8. The molecule has 3 heterocycles. The minimum atomic E-state index is -0.0742. The van der Waals surface area contributed by atoms with E-state index in [1.54, 1.807) is 11.0 Å². The lowest BCUT2D eigenvalue weighted by Gasteiger charge is -2.26. The number of aryl methyl sites for hydroxylation is 1. The van der Waals surface area contributed by atoms with Crippen LogP contribution in [0.25, 0.3) is 6.08 Å². The first-order chi connectivity index (χ1) is 13.1. The second-order valence-corrected chi connectivity index (χ2v) is 8.20. The maximum Gasteiger partial charge on any atom is 0.266 e. The Kier molecular flexibility index (Phi) is 5.33. The number of thiocarbonyl (C=S) groups is 1. The summed E-state index contributed by atoms with van der Waals surface area (Å²) in [5.41, 5.74) is 2.25. The zero-order chi connectivity index (χ0) is 18.8. The molecule has 2 aliphatic heterocycles. The number of benzene rings is 1. The van der Waals surface area contributed by atoms with Gasteiger partial charge in [-0.05, 0) is 18.6 Å². The van der Waals surface area contributed by atoms with Gasteiger partial charge < -0.3 is 14.1 Å². The lowest BCUT2D eigenvalue weighted by Crippen LogP contribution is -2.35. The molecule has 0 aliphatic carbocycles. The normalized spacial score (nSPS) is 19.4. The van der Waals surface area contributed by atoms with Crippen molar-refractivity contribution >= 4 is 46.2 Å². The quantitative estimate of drug-likeness (QED) is 0.574. The third-order valence-electron chi connectivity index (χ3n) is 4.54. The van der Waals surface area contributed by atoms with Crippen molar-refractivity contribution in [1.29, 1.82) is 0 Å². The number of morpholine rings is 1. The van der Waals surface area contributed by atoms with E-state index < -0.39 is 0 Å². The topological polar surface area (TPSA) is 45.9 Å². The van der Waals surface area contributed by atoms with E-state index in [0.29, 0.717) is 34.7 Å². The van der Waals surface area contributed by atoms with E-state index in [-0.39, 0.29) is 5.91 Å². The molecule has 27 heavy (non-hydrogen) atoms. The highest BCUT2D eigenvalue weighted by Crippen LogP contribution is 2.34. The smallest absolute Gasteiger partial charge is 0.266 e. The van der Waals surface area contributed by atoms with E-state index >= 15 is 0 Å². The summed E-state index contributed by atoms with van der Waals surface area (Å²) in [6.45, 7) is 5.55. The van der Waals surface area contributed by atoms with E-state index in [4.69, 9.17) is 21.4 Å². The van der Waals surface area contributed by atoms with Crippen LogP contribution in [-0.2, 0) is 16.1 Å². The average molecular weight is 401 g/mol. The van der Waals surface area contributed by atoms with Crippen molar-refractivity contribution < 1.29 is 13.9 Å². The van der Waals surface area contributed by atoms with Crippen molar-refractivity contribution in [3.8, 4) is 0 Å². The summed E-state index contributed by atoms with van der Waals surface area (Å²) in [5, 5.41) is 0. The van der Waals surface area contributed by atoms with Crippen LogP contribution in [0, 0.1) is 6.92 Å². The van der Waals surface area contributed by atoms with Gasteiger partial charge in [-0.1, -0.05) is 53.8 Å². The number of furan rings is 1. The second-order valence-electron chi connectivity index (χ2n) is 6.53. The van der Waals surface area contributed by atoms with Crippen LogP contribution in [-0.4, -0.2) is 41.4 Å². The van der Waals surface area contributed by atoms with Crippen LogP contribution in [0.2, 0.25) is 0 Å². The molecule has 140 valence electrons. The Balaban J connectivity index is 1.47. The summed E-state index contributed by atoms with van der Waals surface area (Å²) in [6.07, 6.45) is 1.78. The molecular formula is C20H20N2O3S2. The van der Waals surface area contributed by atoms with Crippen molar-refractivity contribution in [2.75, 3.05) is 31.2 Å². The molecule has 7 heteroatoms. The summed E-state index contributed by atoms with van der Waals surface area (Å²) in [4.78, 5) is 17.2. The standard InChI is InChI=1S/C20H20N2O3S2/c1-14-2-4-15(5-3-14)13-22-19(23)17(27-20(22)26)12-16-6-7-18(25-16)21-8-10-24-11-9-21/h2-7,12H,8-11,13H2,1H3/b17-12-. The van der Waals surface area contributed by atoms with Gasteiger partial charge in [0.15, 0.2) is 5.88 Å². The van der Waals surface area contributed by atoms with Gasteiger partial charge in [0.25, 0.3) is 5.91 Å². The molecule has 2 fully saturated rings. The number of carbonyl (C=O) groups is 1. The zero-order valence-corrected chi connectivity index (χ0v) is 16.6. The van der Waals surface area contributed by atoms with Crippen molar-refractivity contribution in [2.45, 2.75) is 13.5 Å². The number of hydrogen-bond donors (Lipinski definition) is 0. The number of amides is 1. The van der Waals surface area contributed by atoms with Gasteiger partial charge in [0.2, 0.25) is 0 Å². The van der Waals surface area contributed by atoms with E-state index in [9.17, 15) is 4.79 Å². The molecule has 5 nitrogen and oxygen atoms in total. The van der Waals surface area contributed by atoms with Gasteiger partial charge in [0.05, 0.1) is 24.7 Å². The first kappa shape index (κ1) is 18.3. The van der Waals surface area contributed by atoms with Crippen LogP contribution in [0.1, 0.15) is 16.9 Å². The summed E-state index contributed by atoms with van der Waals surface area (Å²) >= 11 is 6.74. The molecule has 2 aliphatic rings. The highest BCUT2D eigenvalue weighted by Gasteiger charge is 2.32. The number of rotatable bonds is 4. The highest BCUT2D eigenvalue weighted by molar-refractivity contribution is 8.26. The zero-order valence-electron chi connectivity index (χ0n) is 15.0. The summed E-state index contributed by atoms with van der Waals surface area (Å²) < 4.78 is 11.8. The number of ether oxygens (including phenoxy) is 1. The van der Waals surface area contributed by atoms with Gasteiger partial charge in [-0.2, -0.15) is 0 Å². The number of thioether (sulfide) groups is 1. The molecule has 1 aromatic heterocycles. The number of hydrogen-bond acceptors (Lipinski definition) is 6. The summed E-state index contributed by atoms with van der Waals surface area (Å²) in [6, 6.07) is 12.0. The second kappa shape index (κ2) is 7.88. The first-order valence-corrected chi connectivity index (χ1v) is 10.1. The molecule has 0 atom stereocenters. The van der Waals surface area contributed by atoms with Gasteiger partial charge in [0, 0.05) is 25.2 Å². The molecule has 0 spiro atoms. The SMILES string of the molecule is Cc1ccc(CN2C(=O)/C(=C/c3ccc(N4CCOCC4)o3)SC2=S)cc1. The molecule has 2 saturated heterocycles. The summed E-state index contributed by atoms with van der Waals surface area (Å²) in [7, 11) is 0. The van der Waals surface area contributed by atoms with Crippen LogP contribution in [0.15, 0.2) is 45.7 Å². The highest BCUT2D eigenvalue weighted by atomic mass is 32.2. The van der Waals surface area contributed by atoms with Crippen LogP contribution in [0.4, 0.5) is 5.88 Å². The van der Waals surface area contributed by atoms with E-state index in [1.807, 2.05) is 43.3 Å². The molecule has 1 aromatic carbocycles. The lowest BCUT2D eigenvalue weighted by atomic mass is 10.1. The Morgan fingerprint density at radius 3 is 2.63 bits per heavy atom. The number of anilines is 1. The van der Waals surface area contributed by atoms with E-state index in [1.165, 1.54) is 17.3 Å². The largest absolute Gasteiger partial charge is 0.441 e. The molecule has 4 rings (SSSR count). The molecule has 0 saturated carbocycles. The molecule has 0 bridgehead atoms. The minimum Gasteiger partial charge on any atom is -0.441 e. The Bertz CT molecular complexity index is 883. The van der Waals surface area contributed by atoms with Crippen molar-refractivity contribution in [2.24, 2.45) is 0 Å². The molecule has 1 amide bonds. The first-order valence-electron chi connectivity index (χ1n) is 8.83. The fourth-order valence-electron chi connectivity index (χ4n) is 3.02. The van der Waals surface area contributed by atoms with Crippen LogP contribution in [0.5, 0.6) is 0 Å². The van der Waals surface area contributed by atoms with Crippen LogP contribution >= 0.6 is 24.0 Å². The Hall–Kier alpha value is -2.09. The number of nitrogens with zero attached hydrogens (tertiary/aromatic N) is 2. The van der Waals surface area contributed by atoms with E-state index in [2.05, 4.69) is 4.90 Å². The van der Waals surface area contributed by atoms with Gasteiger partial charge >= 0.3 is 0 Å². The predicted octanol–water partition coefficient (Wildman–Crippen LogP) is 3.83. The fourth-order valence-corrected chi connectivity index (χ4v) is 4.25. The van der Waals surface area contributed by atoms with Crippen LogP contribution in [0.3, 0.4) is 0 Å². The van der Waals surface area contributed by atoms with Gasteiger partial charge in [0.1, 0.15) is 10.1 Å². The monoisotopic (exact) mass is 400 g/mol. The van der Waals surface area contributed by atoms with Gasteiger partial charge in [-0.15, -0.1) is 0 Å². The fraction of sp³-hybridized carbons (Fsp3) is 0.300. The molecule has 2 aromatic rings. The minimum absolute atomic E-state index is 0.0742. The van der Waals surface area contributed by atoms with Gasteiger partial charge in [-0.25, -0.2) is 0 Å². The summed E-state index contributed by atoms with van der Waals surface area (Å²) in [5.74, 6) is 1.39.